The van der Waals surface area contributed by atoms with Crippen molar-refractivity contribution in [3.63, 3.8) is 0 Å². The second kappa shape index (κ2) is 4.55. The first kappa shape index (κ1) is 15.0. The number of amides is 1. The van der Waals surface area contributed by atoms with E-state index in [2.05, 4.69) is 5.32 Å². The lowest BCUT2D eigenvalue weighted by Crippen LogP contribution is -2.18. The van der Waals surface area contributed by atoms with Crippen LogP contribution in [0.4, 0.5) is 5.69 Å². The van der Waals surface area contributed by atoms with Gasteiger partial charge in [0, 0.05) is 5.69 Å². The SMILES string of the molecule is CC1(C)[C@H](C(=O)O)[C@@H]1C(=O)Nc1ccc2c(c1)S(=O)(=O)CC2. The molecular formula is C15H17NO5S. The van der Waals surface area contributed by atoms with Crippen LogP contribution in [0.1, 0.15) is 19.4 Å². The number of aliphatic carboxylic acids is 1. The minimum absolute atomic E-state index is 0.0937. The monoisotopic (exact) mass is 323 g/mol. The summed E-state index contributed by atoms with van der Waals surface area (Å²) in [4.78, 5) is 23.6. The van der Waals surface area contributed by atoms with E-state index in [-0.39, 0.29) is 16.6 Å². The van der Waals surface area contributed by atoms with Crippen molar-refractivity contribution >= 4 is 27.4 Å². The van der Waals surface area contributed by atoms with Gasteiger partial charge >= 0.3 is 5.97 Å². The maximum Gasteiger partial charge on any atom is 0.307 e. The van der Waals surface area contributed by atoms with Gasteiger partial charge in [0.15, 0.2) is 9.84 Å². The van der Waals surface area contributed by atoms with Crippen LogP contribution < -0.4 is 5.32 Å². The third-order valence-corrected chi connectivity index (χ3v) is 6.48. The van der Waals surface area contributed by atoms with Crippen molar-refractivity contribution in [1.29, 1.82) is 0 Å². The third-order valence-electron chi connectivity index (χ3n) is 4.69. The molecule has 1 saturated carbocycles. The topological polar surface area (TPSA) is 101 Å². The summed E-state index contributed by atoms with van der Waals surface area (Å²) in [5.74, 6) is -2.58. The predicted molar refractivity (Wildman–Crippen MR) is 79.2 cm³/mol. The first-order chi connectivity index (χ1) is 10.1. The van der Waals surface area contributed by atoms with Gasteiger partial charge in [0.05, 0.1) is 22.5 Å². The molecule has 1 aliphatic heterocycles. The molecule has 1 aromatic carbocycles. The lowest BCUT2D eigenvalue weighted by atomic mass is 10.1. The number of carbonyl (C=O) groups excluding carboxylic acids is 1. The molecule has 1 aliphatic carbocycles. The Balaban J connectivity index is 1.81. The molecule has 1 amide bonds. The predicted octanol–water partition coefficient (Wildman–Crippen LogP) is 1.31. The van der Waals surface area contributed by atoms with E-state index in [0.717, 1.165) is 5.56 Å². The Hall–Kier alpha value is -1.89. The molecule has 3 rings (SSSR count). The van der Waals surface area contributed by atoms with Crippen molar-refractivity contribution in [2.75, 3.05) is 11.1 Å². The fourth-order valence-electron chi connectivity index (χ4n) is 3.29. The van der Waals surface area contributed by atoms with Crippen LogP contribution in [0.2, 0.25) is 0 Å². The zero-order valence-electron chi connectivity index (χ0n) is 12.3. The minimum Gasteiger partial charge on any atom is -0.481 e. The van der Waals surface area contributed by atoms with Gasteiger partial charge in [-0.15, -0.1) is 0 Å². The Bertz CT molecular complexity index is 781. The van der Waals surface area contributed by atoms with Crippen molar-refractivity contribution in [2.24, 2.45) is 17.3 Å². The van der Waals surface area contributed by atoms with Crippen LogP contribution in [-0.2, 0) is 25.8 Å². The molecule has 1 aromatic rings. The number of aryl methyl sites for hydroxylation is 1. The largest absolute Gasteiger partial charge is 0.481 e. The van der Waals surface area contributed by atoms with Gasteiger partial charge < -0.3 is 10.4 Å². The summed E-state index contributed by atoms with van der Waals surface area (Å²) in [7, 11) is -3.26. The van der Waals surface area contributed by atoms with Crippen LogP contribution in [0.5, 0.6) is 0 Å². The summed E-state index contributed by atoms with van der Waals surface area (Å²) < 4.78 is 23.8. The van der Waals surface area contributed by atoms with Gasteiger partial charge in [-0.1, -0.05) is 19.9 Å². The lowest BCUT2D eigenvalue weighted by Gasteiger charge is -2.08. The molecule has 2 aliphatic rings. The standard InChI is InChI=1S/C15H17NO5S/c1-15(2)11(12(15)14(18)19)13(17)16-9-4-3-8-5-6-22(20,21)10(8)7-9/h3-4,7,11-12H,5-6H2,1-2H3,(H,16,17)(H,18,19)/t11-,12+/m1/s1. The smallest absolute Gasteiger partial charge is 0.307 e. The summed E-state index contributed by atoms with van der Waals surface area (Å²) in [6.45, 7) is 3.48. The minimum atomic E-state index is -3.26. The Morgan fingerprint density at radius 3 is 2.55 bits per heavy atom. The van der Waals surface area contributed by atoms with Crippen LogP contribution in [0.3, 0.4) is 0 Å². The highest BCUT2D eigenvalue weighted by molar-refractivity contribution is 7.91. The van der Waals surface area contributed by atoms with Crippen molar-refractivity contribution in [3.05, 3.63) is 23.8 Å². The van der Waals surface area contributed by atoms with Crippen LogP contribution >= 0.6 is 0 Å². The van der Waals surface area contributed by atoms with E-state index >= 15 is 0 Å². The highest BCUT2D eigenvalue weighted by Gasteiger charge is 2.65. The number of benzene rings is 1. The number of fused-ring (bicyclic) bond motifs is 1. The fourth-order valence-corrected chi connectivity index (χ4v) is 4.88. The molecule has 2 N–H and O–H groups in total. The van der Waals surface area contributed by atoms with Crippen molar-refractivity contribution in [2.45, 2.75) is 25.2 Å². The molecule has 0 unspecified atom stereocenters. The normalized spacial score (nSPS) is 27.0. The molecule has 0 saturated heterocycles. The third kappa shape index (κ3) is 2.20. The number of rotatable bonds is 3. The van der Waals surface area contributed by atoms with Crippen LogP contribution in [0, 0.1) is 17.3 Å². The number of nitrogens with one attached hydrogen (secondary N) is 1. The van der Waals surface area contributed by atoms with Crippen molar-refractivity contribution < 1.29 is 23.1 Å². The van der Waals surface area contributed by atoms with E-state index in [1.807, 2.05) is 0 Å². The highest BCUT2D eigenvalue weighted by atomic mass is 32.2. The van der Waals surface area contributed by atoms with Crippen LogP contribution in [-0.4, -0.2) is 31.2 Å². The number of carboxylic acid groups (broad SMARTS) is 1. The number of carboxylic acids is 1. The summed E-state index contributed by atoms with van der Waals surface area (Å²) in [5.41, 5.74) is 0.563. The number of carbonyl (C=O) groups is 2. The Morgan fingerprint density at radius 1 is 1.27 bits per heavy atom. The average molecular weight is 323 g/mol. The molecule has 2 atom stereocenters. The van der Waals surface area contributed by atoms with Crippen LogP contribution in [0.25, 0.3) is 0 Å². The zero-order valence-corrected chi connectivity index (χ0v) is 13.1. The molecule has 0 bridgehead atoms. The highest BCUT2D eigenvalue weighted by Crippen LogP contribution is 2.58. The quantitative estimate of drug-likeness (QED) is 0.873. The van der Waals surface area contributed by atoms with Crippen molar-refractivity contribution in [3.8, 4) is 0 Å². The summed E-state index contributed by atoms with van der Waals surface area (Å²) in [6.07, 6.45) is 0.489. The van der Waals surface area contributed by atoms with Gasteiger partial charge in [0.1, 0.15) is 0 Å². The van der Waals surface area contributed by atoms with Gasteiger partial charge in [0.2, 0.25) is 5.91 Å². The second-order valence-corrected chi connectivity index (χ2v) is 8.57. The molecule has 6 nitrogen and oxygen atoms in total. The molecule has 1 fully saturated rings. The summed E-state index contributed by atoms with van der Waals surface area (Å²) in [6, 6.07) is 4.81. The second-order valence-electron chi connectivity index (χ2n) is 6.50. The van der Waals surface area contributed by atoms with E-state index in [1.54, 1.807) is 26.0 Å². The number of hydrogen-bond acceptors (Lipinski definition) is 4. The van der Waals surface area contributed by atoms with Gasteiger partial charge in [0.25, 0.3) is 0 Å². The Morgan fingerprint density at radius 2 is 1.95 bits per heavy atom. The molecular weight excluding hydrogens is 306 g/mol. The molecule has 7 heteroatoms. The lowest BCUT2D eigenvalue weighted by molar-refractivity contribution is -0.140. The van der Waals surface area contributed by atoms with Gasteiger partial charge in [-0.2, -0.15) is 0 Å². The molecule has 118 valence electrons. The first-order valence-corrected chi connectivity index (χ1v) is 8.69. The van der Waals surface area contributed by atoms with Gasteiger partial charge in [-0.05, 0) is 29.5 Å². The first-order valence-electron chi connectivity index (χ1n) is 7.04. The van der Waals surface area contributed by atoms with E-state index in [1.165, 1.54) is 6.07 Å². The molecule has 0 aromatic heterocycles. The molecule has 0 spiro atoms. The van der Waals surface area contributed by atoms with E-state index in [4.69, 9.17) is 5.11 Å². The summed E-state index contributed by atoms with van der Waals surface area (Å²) >= 11 is 0. The van der Waals surface area contributed by atoms with Gasteiger partial charge in [-0.25, -0.2) is 8.42 Å². The van der Waals surface area contributed by atoms with E-state index in [9.17, 15) is 18.0 Å². The average Bonchev–Trinajstić information content (AvgIpc) is 2.88. The fraction of sp³-hybridized carbons (Fsp3) is 0.467. The Labute approximate surface area is 128 Å². The van der Waals surface area contributed by atoms with E-state index < -0.39 is 33.1 Å². The number of anilines is 1. The maximum atomic E-state index is 12.2. The van der Waals surface area contributed by atoms with E-state index in [0.29, 0.717) is 12.1 Å². The molecule has 1 heterocycles. The number of sulfone groups is 1. The maximum absolute atomic E-state index is 12.2. The summed E-state index contributed by atoms with van der Waals surface area (Å²) in [5, 5.41) is 11.8. The Kier molecular flexibility index (Phi) is 3.11. The van der Waals surface area contributed by atoms with Gasteiger partial charge in [-0.3, -0.25) is 9.59 Å². The number of hydrogen-bond donors (Lipinski definition) is 2. The molecule has 22 heavy (non-hydrogen) atoms. The zero-order chi connectivity index (χ0) is 16.3. The van der Waals surface area contributed by atoms with Crippen LogP contribution in [0.15, 0.2) is 23.1 Å². The molecule has 0 radical (unpaired) electrons. The van der Waals surface area contributed by atoms with Crippen molar-refractivity contribution in [1.82, 2.24) is 0 Å².